The van der Waals surface area contributed by atoms with E-state index in [1.165, 1.54) is 12.8 Å². The third-order valence-electron chi connectivity index (χ3n) is 3.03. The molecule has 0 radical (unpaired) electrons. The van der Waals surface area contributed by atoms with Gasteiger partial charge in [0.25, 0.3) is 0 Å². The van der Waals surface area contributed by atoms with Crippen molar-refractivity contribution in [2.24, 2.45) is 11.8 Å². The van der Waals surface area contributed by atoms with Gasteiger partial charge in [0.2, 0.25) is 0 Å². The maximum Gasteiger partial charge on any atom is 0.145 e. The number of hydrazine groups is 1. The quantitative estimate of drug-likeness (QED) is 0.532. The number of hydrogen-bond acceptors (Lipinski definition) is 5. The summed E-state index contributed by atoms with van der Waals surface area (Å²) < 4.78 is 0. The first-order chi connectivity index (χ1) is 7.51. The molecule has 1 heterocycles. The van der Waals surface area contributed by atoms with Crippen molar-refractivity contribution in [3.05, 3.63) is 11.9 Å². The maximum absolute atomic E-state index is 5.36. The molecule has 5 nitrogen and oxygen atoms in total. The lowest BCUT2D eigenvalue weighted by molar-refractivity contribution is 0.492. The Labute approximate surface area is 95.8 Å². The minimum Gasteiger partial charge on any atom is -0.365 e. The Balaban J connectivity index is 2.16. The molecular weight excluding hydrogens is 202 g/mol. The Kier molecular flexibility index (Phi) is 2.71. The number of nitrogen functional groups attached to an aromatic ring is 1. The van der Waals surface area contributed by atoms with E-state index >= 15 is 0 Å². The second-order valence-electron chi connectivity index (χ2n) is 4.95. The normalized spacial score (nSPS) is 16.0. The van der Waals surface area contributed by atoms with Gasteiger partial charge in [-0.3, -0.25) is 0 Å². The van der Waals surface area contributed by atoms with Crippen LogP contribution in [0, 0.1) is 12.8 Å². The third-order valence-corrected chi connectivity index (χ3v) is 3.03. The fourth-order valence-electron chi connectivity index (χ4n) is 1.94. The van der Waals surface area contributed by atoms with Gasteiger partial charge in [-0.15, -0.1) is 0 Å². The van der Waals surface area contributed by atoms with Gasteiger partial charge in [0.1, 0.15) is 17.5 Å². The Bertz CT molecular complexity index is 384. The lowest BCUT2D eigenvalue weighted by Gasteiger charge is -2.27. The molecule has 16 heavy (non-hydrogen) atoms. The largest absolute Gasteiger partial charge is 0.365 e. The van der Waals surface area contributed by atoms with Gasteiger partial charge in [-0.05, 0) is 39.5 Å². The molecule has 0 amide bonds. The van der Waals surface area contributed by atoms with Gasteiger partial charge in [0.05, 0.1) is 0 Å². The predicted octanol–water partition coefficient (Wildman–Crippen LogP) is 1.67. The fourth-order valence-corrected chi connectivity index (χ4v) is 1.94. The number of nitrogens with zero attached hydrogens (tertiary/aromatic N) is 2. The van der Waals surface area contributed by atoms with E-state index in [-0.39, 0.29) is 5.54 Å². The number of aromatic nitrogens is 2. The molecule has 0 aromatic carbocycles. The van der Waals surface area contributed by atoms with Crippen molar-refractivity contribution >= 4 is 11.6 Å². The highest BCUT2D eigenvalue weighted by Gasteiger charge is 2.37. The molecule has 1 aromatic rings. The van der Waals surface area contributed by atoms with Crippen molar-refractivity contribution in [2.45, 2.75) is 39.2 Å². The predicted molar refractivity (Wildman–Crippen MR) is 65.0 cm³/mol. The molecule has 2 rings (SSSR count). The summed E-state index contributed by atoms with van der Waals surface area (Å²) >= 11 is 0. The molecule has 0 bridgehead atoms. The molecule has 0 spiro atoms. The summed E-state index contributed by atoms with van der Waals surface area (Å²) in [6, 6.07) is 1.83. The Morgan fingerprint density at radius 3 is 2.50 bits per heavy atom. The van der Waals surface area contributed by atoms with Crippen LogP contribution in [0.4, 0.5) is 11.6 Å². The first-order valence-electron chi connectivity index (χ1n) is 5.62. The number of nitrogens with two attached hydrogens (primary N) is 1. The standard InChI is InChI=1S/C11H19N5/c1-7-13-9(6-10(14-7)16-12)15-11(2,3)8-4-5-8/h6,8H,4-5,12H2,1-3H3,(H2,13,14,15,16). The van der Waals surface area contributed by atoms with Crippen LogP contribution in [0.2, 0.25) is 0 Å². The summed E-state index contributed by atoms with van der Waals surface area (Å²) in [7, 11) is 0. The fraction of sp³-hybridized carbons (Fsp3) is 0.636. The van der Waals surface area contributed by atoms with Crippen molar-refractivity contribution in [1.82, 2.24) is 9.97 Å². The minimum atomic E-state index is 0.0899. The monoisotopic (exact) mass is 221 g/mol. The number of anilines is 2. The maximum atomic E-state index is 5.36. The van der Waals surface area contributed by atoms with Crippen molar-refractivity contribution < 1.29 is 0 Å². The van der Waals surface area contributed by atoms with Crippen LogP contribution in [0.3, 0.4) is 0 Å². The number of aryl methyl sites for hydroxylation is 1. The van der Waals surface area contributed by atoms with Crippen molar-refractivity contribution in [2.75, 3.05) is 10.7 Å². The molecule has 1 fully saturated rings. The molecular formula is C11H19N5. The van der Waals surface area contributed by atoms with E-state index in [0.29, 0.717) is 11.6 Å². The Morgan fingerprint density at radius 1 is 1.31 bits per heavy atom. The van der Waals surface area contributed by atoms with Gasteiger partial charge in [-0.25, -0.2) is 15.8 Å². The van der Waals surface area contributed by atoms with Crippen LogP contribution in [0.15, 0.2) is 6.07 Å². The Hall–Kier alpha value is -1.36. The SMILES string of the molecule is Cc1nc(NN)cc(NC(C)(C)C2CC2)n1. The van der Waals surface area contributed by atoms with Gasteiger partial charge >= 0.3 is 0 Å². The van der Waals surface area contributed by atoms with Crippen LogP contribution in [0.1, 0.15) is 32.5 Å². The zero-order valence-corrected chi connectivity index (χ0v) is 10.0. The topological polar surface area (TPSA) is 75.9 Å². The molecule has 4 N–H and O–H groups in total. The molecule has 1 aromatic heterocycles. The Morgan fingerprint density at radius 2 is 1.94 bits per heavy atom. The molecule has 0 atom stereocenters. The second-order valence-corrected chi connectivity index (χ2v) is 4.95. The molecule has 0 unspecified atom stereocenters. The average Bonchev–Trinajstić information content (AvgIpc) is 2.98. The molecule has 1 aliphatic rings. The van der Waals surface area contributed by atoms with Crippen molar-refractivity contribution in [1.29, 1.82) is 0 Å². The summed E-state index contributed by atoms with van der Waals surface area (Å²) in [6.07, 6.45) is 2.60. The van der Waals surface area contributed by atoms with Crippen molar-refractivity contribution in [3.8, 4) is 0 Å². The molecule has 5 heteroatoms. The zero-order valence-electron chi connectivity index (χ0n) is 10.0. The highest BCUT2D eigenvalue weighted by Crippen LogP contribution is 2.40. The molecule has 0 saturated heterocycles. The van der Waals surface area contributed by atoms with Crippen LogP contribution < -0.4 is 16.6 Å². The van der Waals surface area contributed by atoms with Gasteiger partial charge in [-0.2, -0.15) is 0 Å². The van der Waals surface area contributed by atoms with Gasteiger partial charge < -0.3 is 10.7 Å². The van der Waals surface area contributed by atoms with Crippen molar-refractivity contribution in [3.63, 3.8) is 0 Å². The van der Waals surface area contributed by atoms with E-state index in [2.05, 4.69) is 34.6 Å². The lowest BCUT2D eigenvalue weighted by Crippen LogP contribution is -2.33. The van der Waals surface area contributed by atoms with E-state index in [4.69, 9.17) is 5.84 Å². The van der Waals surface area contributed by atoms with E-state index < -0.39 is 0 Å². The van der Waals surface area contributed by atoms with E-state index in [0.717, 1.165) is 11.7 Å². The zero-order chi connectivity index (χ0) is 11.8. The number of nitrogens with one attached hydrogen (secondary N) is 2. The van der Waals surface area contributed by atoms with Gasteiger partial charge in [0.15, 0.2) is 0 Å². The average molecular weight is 221 g/mol. The van der Waals surface area contributed by atoms with Crippen LogP contribution >= 0.6 is 0 Å². The molecule has 88 valence electrons. The second kappa shape index (κ2) is 3.90. The van der Waals surface area contributed by atoms with E-state index in [1.54, 1.807) is 0 Å². The first-order valence-corrected chi connectivity index (χ1v) is 5.62. The van der Waals surface area contributed by atoms with Crippen LogP contribution in [0.25, 0.3) is 0 Å². The van der Waals surface area contributed by atoms with Gasteiger partial charge in [0, 0.05) is 11.6 Å². The lowest BCUT2D eigenvalue weighted by atomic mass is 9.99. The highest BCUT2D eigenvalue weighted by molar-refractivity contribution is 5.48. The van der Waals surface area contributed by atoms with E-state index in [9.17, 15) is 0 Å². The van der Waals surface area contributed by atoms with Crippen LogP contribution in [0.5, 0.6) is 0 Å². The molecule has 1 saturated carbocycles. The minimum absolute atomic E-state index is 0.0899. The van der Waals surface area contributed by atoms with Gasteiger partial charge in [-0.1, -0.05) is 0 Å². The van der Waals surface area contributed by atoms with Crippen LogP contribution in [-0.4, -0.2) is 15.5 Å². The highest BCUT2D eigenvalue weighted by atomic mass is 15.3. The van der Waals surface area contributed by atoms with E-state index in [1.807, 2.05) is 13.0 Å². The summed E-state index contributed by atoms with van der Waals surface area (Å²) in [5.74, 6) is 8.29. The summed E-state index contributed by atoms with van der Waals surface area (Å²) in [5.41, 5.74) is 2.64. The molecule has 1 aliphatic carbocycles. The summed E-state index contributed by atoms with van der Waals surface area (Å²) in [4.78, 5) is 8.51. The summed E-state index contributed by atoms with van der Waals surface area (Å²) in [6.45, 7) is 6.27. The van der Waals surface area contributed by atoms with Crippen LogP contribution in [-0.2, 0) is 0 Å². The molecule has 0 aliphatic heterocycles. The third kappa shape index (κ3) is 2.41. The number of hydrogen-bond donors (Lipinski definition) is 3. The number of rotatable bonds is 4. The summed E-state index contributed by atoms with van der Waals surface area (Å²) in [5, 5.41) is 3.45. The first kappa shape index (κ1) is 11.1. The smallest absolute Gasteiger partial charge is 0.145 e.